The Kier molecular flexibility index (Phi) is 5.30. The summed E-state index contributed by atoms with van der Waals surface area (Å²) in [4.78, 5) is 29.4. The minimum absolute atomic E-state index is 0.146. The zero-order valence-electron chi connectivity index (χ0n) is 11.5. The van der Waals surface area contributed by atoms with Gasteiger partial charge in [-0.15, -0.1) is 0 Å². The summed E-state index contributed by atoms with van der Waals surface area (Å²) >= 11 is 5.98. The van der Waals surface area contributed by atoms with Gasteiger partial charge in [0, 0.05) is 25.5 Å². The van der Waals surface area contributed by atoms with Gasteiger partial charge in [-0.2, -0.15) is 0 Å². The van der Waals surface area contributed by atoms with Crippen molar-refractivity contribution in [1.82, 2.24) is 15.2 Å². The van der Waals surface area contributed by atoms with Gasteiger partial charge in [-0.3, -0.25) is 14.6 Å². The van der Waals surface area contributed by atoms with Crippen molar-refractivity contribution in [3.8, 4) is 0 Å². The van der Waals surface area contributed by atoms with Gasteiger partial charge < -0.3 is 10.2 Å². The van der Waals surface area contributed by atoms with Gasteiger partial charge in [-0.05, 0) is 26.8 Å². The number of likely N-dealkylation sites (N-methyl/N-ethyl adjacent to an activating group) is 1. The fraction of sp³-hybridized carbons (Fsp3) is 0.462. The smallest absolute Gasteiger partial charge is 0.255 e. The molecule has 1 aromatic heterocycles. The van der Waals surface area contributed by atoms with Crippen LogP contribution in [0.4, 0.5) is 0 Å². The molecule has 0 aliphatic carbocycles. The number of hydrogen-bond acceptors (Lipinski definition) is 3. The fourth-order valence-corrected chi connectivity index (χ4v) is 1.81. The van der Waals surface area contributed by atoms with Gasteiger partial charge in [0.15, 0.2) is 0 Å². The van der Waals surface area contributed by atoms with Crippen molar-refractivity contribution in [1.29, 1.82) is 0 Å². The molecule has 0 bridgehead atoms. The predicted octanol–water partition coefficient (Wildman–Crippen LogP) is 1.64. The lowest BCUT2D eigenvalue weighted by Crippen LogP contribution is -2.45. The van der Waals surface area contributed by atoms with Crippen LogP contribution in [-0.2, 0) is 4.79 Å². The van der Waals surface area contributed by atoms with E-state index in [2.05, 4.69) is 10.3 Å². The van der Waals surface area contributed by atoms with E-state index in [4.69, 9.17) is 11.6 Å². The molecule has 104 valence electrons. The molecule has 0 aliphatic rings. The molecule has 1 heterocycles. The van der Waals surface area contributed by atoms with Crippen molar-refractivity contribution in [3.05, 3.63) is 28.5 Å². The third-order valence-electron chi connectivity index (χ3n) is 2.80. The Bertz CT molecular complexity index is 491. The van der Waals surface area contributed by atoms with Gasteiger partial charge in [0.1, 0.15) is 6.04 Å². The minimum Gasteiger partial charge on any atom is -0.344 e. The second-order valence-corrected chi connectivity index (χ2v) is 4.76. The maximum absolute atomic E-state index is 12.0. The van der Waals surface area contributed by atoms with Crippen LogP contribution in [0.25, 0.3) is 0 Å². The number of amides is 2. The van der Waals surface area contributed by atoms with Crippen molar-refractivity contribution in [2.75, 3.05) is 13.6 Å². The molecule has 1 unspecified atom stereocenters. The molecule has 1 atom stereocenters. The number of aromatic nitrogens is 1. The molecule has 19 heavy (non-hydrogen) atoms. The van der Waals surface area contributed by atoms with E-state index in [1.165, 1.54) is 6.20 Å². The van der Waals surface area contributed by atoms with E-state index in [1.54, 1.807) is 31.9 Å². The van der Waals surface area contributed by atoms with Crippen LogP contribution in [0.2, 0.25) is 5.02 Å². The van der Waals surface area contributed by atoms with E-state index in [-0.39, 0.29) is 11.5 Å². The average molecular weight is 284 g/mol. The molecular formula is C13H18ClN3O2. The zero-order valence-corrected chi connectivity index (χ0v) is 12.3. The highest BCUT2D eigenvalue weighted by molar-refractivity contribution is 6.33. The number of pyridine rings is 1. The number of nitrogens with zero attached hydrogens (tertiary/aromatic N) is 2. The monoisotopic (exact) mass is 283 g/mol. The summed E-state index contributed by atoms with van der Waals surface area (Å²) in [5.74, 6) is -0.546. The summed E-state index contributed by atoms with van der Waals surface area (Å²) < 4.78 is 0. The predicted molar refractivity (Wildman–Crippen MR) is 74.2 cm³/mol. The summed E-state index contributed by atoms with van der Waals surface area (Å²) in [7, 11) is 1.69. The summed E-state index contributed by atoms with van der Waals surface area (Å²) in [6, 6.07) is 1.01. The van der Waals surface area contributed by atoms with Crippen LogP contribution in [0.3, 0.4) is 0 Å². The van der Waals surface area contributed by atoms with Gasteiger partial charge in [0.25, 0.3) is 5.91 Å². The van der Waals surface area contributed by atoms with Crippen LogP contribution in [-0.4, -0.2) is 41.3 Å². The highest BCUT2D eigenvalue weighted by Gasteiger charge is 2.20. The van der Waals surface area contributed by atoms with E-state index < -0.39 is 11.9 Å². The maximum Gasteiger partial charge on any atom is 0.255 e. The molecule has 0 aromatic carbocycles. The SMILES string of the molecule is CCN(C)C(=O)C(C)NC(=O)c1cnc(C)cc1Cl. The number of hydrogen-bond donors (Lipinski definition) is 1. The summed E-state index contributed by atoms with van der Waals surface area (Å²) in [5, 5.41) is 2.94. The molecule has 0 saturated heterocycles. The molecule has 1 N–H and O–H groups in total. The molecule has 1 rings (SSSR count). The van der Waals surface area contributed by atoms with E-state index in [9.17, 15) is 9.59 Å². The Morgan fingerprint density at radius 2 is 2.16 bits per heavy atom. The van der Waals surface area contributed by atoms with Crippen molar-refractivity contribution in [2.24, 2.45) is 0 Å². The van der Waals surface area contributed by atoms with Crippen molar-refractivity contribution < 1.29 is 9.59 Å². The van der Waals surface area contributed by atoms with Crippen LogP contribution >= 0.6 is 11.6 Å². The standard InChI is InChI=1S/C13H18ClN3O2/c1-5-17(4)13(19)9(3)16-12(18)10-7-15-8(2)6-11(10)14/h6-7,9H,5H2,1-4H3,(H,16,18). The molecule has 6 heteroatoms. The fourth-order valence-electron chi connectivity index (χ4n) is 1.52. The Morgan fingerprint density at radius 1 is 1.53 bits per heavy atom. The van der Waals surface area contributed by atoms with Gasteiger partial charge in [-0.25, -0.2) is 0 Å². The highest BCUT2D eigenvalue weighted by Crippen LogP contribution is 2.15. The van der Waals surface area contributed by atoms with Crippen molar-refractivity contribution in [2.45, 2.75) is 26.8 Å². The number of carbonyl (C=O) groups is 2. The Hall–Kier alpha value is -1.62. The summed E-state index contributed by atoms with van der Waals surface area (Å²) in [5.41, 5.74) is 1.00. The third-order valence-corrected chi connectivity index (χ3v) is 3.12. The van der Waals surface area contributed by atoms with E-state index in [1.807, 2.05) is 6.92 Å². The molecule has 0 aliphatic heterocycles. The topological polar surface area (TPSA) is 62.3 Å². The molecule has 2 amide bonds. The van der Waals surface area contributed by atoms with Crippen LogP contribution in [0.5, 0.6) is 0 Å². The number of carbonyl (C=O) groups excluding carboxylic acids is 2. The van der Waals surface area contributed by atoms with Crippen molar-refractivity contribution in [3.63, 3.8) is 0 Å². The van der Waals surface area contributed by atoms with Crippen molar-refractivity contribution >= 4 is 23.4 Å². The number of nitrogens with one attached hydrogen (secondary N) is 1. The third kappa shape index (κ3) is 3.92. The lowest BCUT2D eigenvalue weighted by atomic mass is 10.2. The molecule has 0 radical (unpaired) electrons. The van der Waals surface area contributed by atoms with Gasteiger partial charge in [-0.1, -0.05) is 11.6 Å². The lowest BCUT2D eigenvalue weighted by Gasteiger charge is -2.20. The number of rotatable bonds is 4. The normalized spacial score (nSPS) is 11.8. The van der Waals surface area contributed by atoms with Crippen LogP contribution in [0.15, 0.2) is 12.3 Å². The number of halogens is 1. The van der Waals surface area contributed by atoms with Gasteiger partial charge in [0.2, 0.25) is 5.91 Å². The van der Waals surface area contributed by atoms with Crippen LogP contribution < -0.4 is 5.32 Å². The summed E-state index contributed by atoms with van der Waals surface area (Å²) in [6.07, 6.45) is 1.41. The second kappa shape index (κ2) is 6.52. The first kappa shape index (κ1) is 15.4. The molecule has 1 aromatic rings. The first-order valence-electron chi connectivity index (χ1n) is 6.04. The first-order chi connectivity index (χ1) is 8.86. The maximum atomic E-state index is 12.0. The molecular weight excluding hydrogens is 266 g/mol. The van der Waals surface area contributed by atoms with Crippen LogP contribution in [0.1, 0.15) is 29.9 Å². The molecule has 0 fully saturated rings. The van der Waals surface area contributed by atoms with E-state index in [0.29, 0.717) is 11.6 Å². The molecule has 5 nitrogen and oxygen atoms in total. The lowest BCUT2D eigenvalue weighted by molar-refractivity contribution is -0.131. The first-order valence-corrected chi connectivity index (χ1v) is 6.42. The molecule has 0 spiro atoms. The number of aryl methyl sites for hydroxylation is 1. The largest absolute Gasteiger partial charge is 0.344 e. The van der Waals surface area contributed by atoms with E-state index >= 15 is 0 Å². The molecule has 0 saturated carbocycles. The Morgan fingerprint density at radius 3 is 2.68 bits per heavy atom. The van der Waals surface area contributed by atoms with Gasteiger partial charge >= 0.3 is 0 Å². The Balaban J connectivity index is 2.77. The van der Waals surface area contributed by atoms with E-state index in [0.717, 1.165) is 5.69 Å². The second-order valence-electron chi connectivity index (χ2n) is 4.35. The van der Waals surface area contributed by atoms with Crippen LogP contribution in [0, 0.1) is 6.92 Å². The average Bonchev–Trinajstić information content (AvgIpc) is 2.36. The highest BCUT2D eigenvalue weighted by atomic mass is 35.5. The summed E-state index contributed by atoms with van der Waals surface area (Å²) in [6.45, 7) is 5.89. The minimum atomic E-state index is -0.602. The zero-order chi connectivity index (χ0) is 14.6. The van der Waals surface area contributed by atoms with Gasteiger partial charge in [0.05, 0.1) is 10.6 Å². The quantitative estimate of drug-likeness (QED) is 0.914. The Labute approximate surface area is 118 Å².